The molecule has 0 atom stereocenters. The fourth-order valence-corrected chi connectivity index (χ4v) is 9.50. The SMILES string of the molecule is Oc1c(O)c(O)c(-c2c(O)c(-c3c4c(O)c(O)c(O)c(O)c4c(-c4c(O)c(O)c5oc6c(O)c(O)c7c(O)c(O)c(O)c(O)c7c6c5c4O)c4c(O)c(O)c(O)c(O)c34)c(O)c3c(O)c(O)c(O)c(O)c23)c(O)c1O. The van der Waals surface area contributed by atoms with Crippen LogP contribution >= 0.6 is 0 Å². The van der Waals surface area contributed by atoms with Gasteiger partial charge in [-0.15, -0.1) is 0 Å². The van der Waals surface area contributed by atoms with Crippen LogP contribution in [0.25, 0.3) is 98.4 Å². The highest BCUT2D eigenvalue weighted by molar-refractivity contribution is 6.34. The predicted molar refractivity (Wildman–Crippen MR) is 247 cm³/mol. The second-order valence-electron chi connectivity index (χ2n) is 16.5. The maximum Gasteiger partial charge on any atom is 0.208 e. The molecule has 0 aliphatic carbocycles. The lowest BCUT2D eigenvalue weighted by Gasteiger charge is -2.25. The van der Waals surface area contributed by atoms with Crippen LogP contribution in [0, 0.1) is 0 Å². The fraction of sp³-hybridized carbons (Fsp3) is 0. The number of phenols is 28. The number of phenolic OH excluding ortho intramolecular Hbond substituents is 28. The zero-order valence-corrected chi connectivity index (χ0v) is 35.9. The molecule has 29 nitrogen and oxygen atoms in total. The summed E-state index contributed by atoms with van der Waals surface area (Å²) in [6, 6.07) is 0. The molecule has 10 rings (SSSR count). The van der Waals surface area contributed by atoms with Crippen molar-refractivity contribution in [3.05, 3.63) is 0 Å². The van der Waals surface area contributed by atoms with E-state index in [0.29, 0.717) is 0 Å². The second-order valence-corrected chi connectivity index (χ2v) is 16.5. The van der Waals surface area contributed by atoms with Gasteiger partial charge in [0.15, 0.2) is 80.2 Å². The van der Waals surface area contributed by atoms with Crippen molar-refractivity contribution >= 4 is 65.0 Å². The number of aromatic hydroxyl groups is 28. The first-order valence-corrected chi connectivity index (χ1v) is 20.2. The molecule has 0 amide bonds. The van der Waals surface area contributed by atoms with E-state index in [4.69, 9.17) is 4.42 Å². The summed E-state index contributed by atoms with van der Waals surface area (Å²) in [4.78, 5) is 0. The molecule has 0 saturated carbocycles. The third-order valence-electron chi connectivity index (χ3n) is 12.9. The summed E-state index contributed by atoms with van der Waals surface area (Å²) < 4.78 is 5.46. The quantitative estimate of drug-likeness (QED) is 0.0631. The lowest BCUT2D eigenvalue weighted by molar-refractivity contribution is 0.329. The van der Waals surface area contributed by atoms with Gasteiger partial charge in [-0.1, -0.05) is 0 Å². The third-order valence-corrected chi connectivity index (χ3v) is 12.9. The Morgan fingerprint density at radius 1 is 0.120 bits per heavy atom. The van der Waals surface area contributed by atoms with Crippen LogP contribution in [0.1, 0.15) is 0 Å². The van der Waals surface area contributed by atoms with E-state index in [1.807, 2.05) is 0 Å². The summed E-state index contributed by atoms with van der Waals surface area (Å²) in [7, 11) is 0. The highest BCUT2D eigenvalue weighted by Crippen LogP contribution is 2.70. The normalized spacial score (nSPS) is 11.9. The van der Waals surface area contributed by atoms with Crippen molar-refractivity contribution in [2.75, 3.05) is 0 Å². The van der Waals surface area contributed by atoms with E-state index >= 15 is 0 Å². The molecule has 75 heavy (non-hydrogen) atoms. The molecule has 10 aromatic rings. The largest absolute Gasteiger partial charge is 0.506 e. The number of rotatable bonds is 3. The molecule has 0 fully saturated rings. The number of hydrogen-bond donors (Lipinski definition) is 28. The maximum atomic E-state index is 12.5. The Hall–Kier alpha value is -11.8. The van der Waals surface area contributed by atoms with Crippen molar-refractivity contribution in [2.24, 2.45) is 0 Å². The molecule has 0 saturated heterocycles. The molecule has 0 bridgehead atoms. The summed E-state index contributed by atoms with van der Waals surface area (Å²) in [6.07, 6.45) is 0. The molecule has 0 aliphatic rings. The van der Waals surface area contributed by atoms with Crippen LogP contribution in [0.2, 0.25) is 0 Å². The zero-order chi connectivity index (χ0) is 55.3. The molecule has 1 aromatic heterocycles. The lowest BCUT2D eigenvalue weighted by Crippen LogP contribution is -1.98. The Balaban J connectivity index is 1.56. The summed E-state index contributed by atoms with van der Waals surface area (Å²) in [6.45, 7) is 0. The number of hydrogen-bond acceptors (Lipinski definition) is 29. The summed E-state index contributed by atoms with van der Waals surface area (Å²) >= 11 is 0. The van der Waals surface area contributed by atoms with E-state index < -0.39 is 259 Å². The van der Waals surface area contributed by atoms with Crippen molar-refractivity contribution < 1.29 is 147 Å². The number of benzene rings is 9. The first kappa shape index (κ1) is 46.9. The van der Waals surface area contributed by atoms with E-state index in [1.54, 1.807) is 0 Å². The molecular formula is C46H28O29. The Morgan fingerprint density at radius 3 is 0.720 bits per heavy atom. The first-order valence-electron chi connectivity index (χ1n) is 20.2. The molecular weight excluding hydrogens is 1020 g/mol. The Kier molecular flexibility index (Phi) is 9.01. The van der Waals surface area contributed by atoms with Crippen molar-refractivity contribution in [1.82, 2.24) is 0 Å². The third kappa shape index (κ3) is 5.20. The van der Waals surface area contributed by atoms with Crippen molar-refractivity contribution in [1.29, 1.82) is 0 Å². The number of furan rings is 1. The van der Waals surface area contributed by atoms with Gasteiger partial charge in [0.05, 0.1) is 32.8 Å². The van der Waals surface area contributed by atoms with E-state index in [0.717, 1.165) is 0 Å². The lowest BCUT2D eigenvalue weighted by atomic mass is 9.80. The zero-order valence-electron chi connectivity index (χ0n) is 35.9. The van der Waals surface area contributed by atoms with Crippen LogP contribution in [0.5, 0.6) is 161 Å². The van der Waals surface area contributed by atoms with Gasteiger partial charge in [-0.05, 0) is 0 Å². The van der Waals surface area contributed by atoms with Crippen LogP contribution in [-0.2, 0) is 0 Å². The fourth-order valence-electron chi connectivity index (χ4n) is 9.50. The van der Waals surface area contributed by atoms with Gasteiger partial charge in [-0.3, -0.25) is 0 Å². The molecule has 0 aliphatic heterocycles. The van der Waals surface area contributed by atoms with Crippen LogP contribution in [-0.4, -0.2) is 143 Å². The minimum atomic E-state index is -1.90. The average molecular weight is 1040 g/mol. The van der Waals surface area contributed by atoms with E-state index in [2.05, 4.69) is 0 Å². The van der Waals surface area contributed by atoms with Crippen molar-refractivity contribution in [3.63, 3.8) is 0 Å². The van der Waals surface area contributed by atoms with E-state index in [1.165, 1.54) is 0 Å². The van der Waals surface area contributed by atoms with E-state index in [9.17, 15) is 143 Å². The monoisotopic (exact) mass is 1040 g/mol. The molecule has 0 radical (unpaired) electrons. The van der Waals surface area contributed by atoms with Crippen molar-refractivity contribution in [2.45, 2.75) is 0 Å². The van der Waals surface area contributed by atoms with Gasteiger partial charge in [0.1, 0.15) is 17.2 Å². The Morgan fingerprint density at radius 2 is 0.333 bits per heavy atom. The average Bonchev–Trinajstić information content (AvgIpc) is 3.79. The smallest absolute Gasteiger partial charge is 0.208 e. The van der Waals surface area contributed by atoms with Gasteiger partial charge in [0.2, 0.25) is 74.7 Å². The maximum absolute atomic E-state index is 12.5. The first-order chi connectivity index (χ1) is 35.0. The molecule has 0 spiro atoms. The van der Waals surface area contributed by atoms with Crippen LogP contribution < -0.4 is 0 Å². The van der Waals surface area contributed by atoms with Gasteiger partial charge in [0.25, 0.3) is 0 Å². The minimum absolute atomic E-state index is 0.980. The molecule has 29 heteroatoms. The van der Waals surface area contributed by atoms with Gasteiger partial charge >= 0.3 is 0 Å². The van der Waals surface area contributed by atoms with Crippen LogP contribution in [0.4, 0.5) is 0 Å². The van der Waals surface area contributed by atoms with Gasteiger partial charge in [-0.2, -0.15) is 0 Å². The van der Waals surface area contributed by atoms with E-state index in [-0.39, 0.29) is 0 Å². The highest BCUT2D eigenvalue weighted by Gasteiger charge is 2.41. The molecule has 1 heterocycles. The van der Waals surface area contributed by atoms with Crippen LogP contribution in [0.15, 0.2) is 4.42 Å². The number of fused-ring (bicyclic) bond motifs is 8. The van der Waals surface area contributed by atoms with Gasteiger partial charge in [0, 0.05) is 54.4 Å². The Bertz CT molecular complexity index is 4330. The van der Waals surface area contributed by atoms with Gasteiger partial charge < -0.3 is 147 Å². The standard InChI is InChI=1S/C46H28O29/c47-17-7(14-27(57)40(70)42(72)41(71)28(14)58)8-13(26(56)38(68)36(66)24(8)54)18(48)11(17)1-3-5(22(52)34(64)32(62)20(3)50)2(6-4(1)21(51)33(63)35(65)23(6)53)12-19(49)16-10-9-15(29(59)39(69)37(67)25(9)55)31(61)43(73)45(10)75-46(16)44(74)30(12)60/h47-74H. The minimum Gasteiger partial charge on any atom is -0.506 e. The van der Waals surface area contributed by atoms with Crippen molar-refractivity contribution in [3.8, 4) is 194 Å². The molecule has 9 aromatic carbocycles. The van der Waals surface area contributed by atoms with Gasteiger partial charge in [-0.25, -0.2) is 0 Å². The summed E-state index contributed by atoms with van der Waals surface area (Å²) in [5, 5.41) is 302. The molecule has 0 unspecified atom stereocenters. The summed E-state index contributed by atoms with van der Waals surface area (Å²) in [5.74, 6) is -47.8. The molecule has 386 valence electrons. The topological polar surface area (TPSA) is 580 Å². The second kappa shape index (κ2) is 14.4. The Labute approximate surface area is 406 Å². The molecule has 28 N–H and O–H groups in total. The predicted octanol–water partition coefficient (Wildman–Crippen LogP) is 4.96. The van der Waals surface area contributed by atoms with Crippen LogP contribution in [0.3, 0.4) is 0 Å². The highest BCUT2D eigenvalue weighted by atomic mass is 16.4. The summed E-state index contributed by atoms with van der Waals surface area (Å²) in [5.41, 5.74) is -11.5.